The number of nitrogens with zero attached hydrogens (tertiary/aromatic N) is 1. The van der Waals surface area contributed by atoms with Crippen molar-refractivity contribution in [2.45, 2.75) is 30.9 Å². The van der Waals surface area contributed by atoms with Crippen molar-refractivity contribution in [2.24, 2.45) is 5.73 Å². The maximum Gasteiger partial charge on any atom is 0.225 e. The summed E-state index contributed by atoms with van der Waals surface area (Å²) >= 11 is 0. The molecule has 2 aromatic rings. The summed E-state index contributed by atoms with van der Waals surface area (Å²) in [5.41, 5.74) is 8.04. The first-order chi connectivity index (χ1) is 11.2. The van der Waals surface area contributed by atoms with Crippen molar-refractivity contribution in [1.29, 1.82) is 0 Å². The summed E-state index contributed by atoms with van der Waals surface area (Å²) in [6.45, 7) is 0. The molecular weight excluding hydrogens is 294 g/mol. The largest absolute Gasteiger partial charge is 0.488 e. The molecule has 3 aliphatic rings. The number of carbonyl (C=O) groups is 1. The van der Waals surface area contributed by atoms with Gasteiger partial charge in [0.2, 0.25) is 5.91 Å². The second-order valence-corrected chi connectivity index (χ2v) is 6.17. The van der Waals surface area contributed by atoms with Crippen molar-refractivity contribution in [3.63, 3.8) is 0 Å². The summed E-state index contributed by atoms with van der Waals surface area (Å²) < 4.78 is 11.8. The van der Waals surface area contributed by atoms with Crippen LogP contribution in [0.15, 0.2) is 30.5 Å². The number of carbonyl (C=O) groups excluding carboxylic acids is 1. The number of anilines is 1. The van der Waals surface area contributed by atoms with Crippen LogP contribution < -0.4 is 20.5 Å². The first kappa shape index (κ1) is 12.9. The van der Waals surface area contributed by atoms with Crippen molar-refractivity contribution < 1.29 is 14.3 Å². The number of amides is 1. The predicted octanol–water partition coefficient (Wildman–Crippen LogP) is 1.94. The Kier molecular flexibility index (Phi) is 2.50. The molecule has 2 aliphatic heterocycles. The maximum atomic E-state index is 11.5. The summed E-state index contributed by atoms with van der Waals surface area (Å²) in [7, 11) is 0. The third kappa shape index (κ3) is 1.91. The second-order valence-electron chi connectivity index (χ2n) is 6.17. The van der Waals surface area contributed by atoms with E-state index in [2.05, 4.69) is 10.3 Å². The molecule has 0 spiro atoms. The summed E-state index contributed by atoms with van der Waals surface area (Å²) in [6.07, 6.45) is 2.85. The highest BCUT2D eigenvalue weighted by atomic mass is 16.5. The lowest BCUT2D eigenvalue weighted by atomic mass is 10.1. The van der Waals surface area contributed by atoms with Gasteiger partial charge in [0.1, 0.15) is 29.2 Å². The van der Waals surface area contributed by atoms with Gasteiger partial charge in [0.25, 0.3) is 0 Å². The van der Waals surface area contributed by atoms with Crippen LogP contribution in [0.1, 0.15) is 23.5 Å². The molecule has 0 saturated heterocycles. The van der Waals surface area contributed by atoms with Gasteiger partial charge in [0.15, 0.2) is 0 Å². The first-order valence-corrected chi connectivity index (χ1v) is 7.72. The summed E-state index contributed by atoms with van der Waals surface area (Å²) in [5.74, 6) is 3.25. The monoisotopic (exact) mass is 309 g/mol. The molecule has 1 aromatic carbocycles. The molecule has 0 radical (unpaired) electrons. The lowest BCUT2D eigenvalue weighted by Gasteiger charge is -2.19. The zero-order valence-electron chi connectivity index (χ0n) is 12.3. The molecular formula is C17H15N3O3. The van der Waals surface area contributed by atoms with E-state index < -0.39 is 0 Å². The molecule has 5 rings (SSSR count). The van der Waals surface area contributed by atoms with Crippen molar-refractivity contribution in [2.75, 3.05) is 5.32 Å². The van der Waals surface area contributed by atoms with Crippen LogP contribution in [-0.4, -0.2) is 23.0 Å². The Morgan fingerprint density at radius 3 is 3.13 bits per heavy atom. The minimum absolute atomic E-state index is 0.00871. The highest BCUT2D eigenvalue weighted by Gasteiger charge is 2.56. The molecule has 1 aliphatic carbocycles. The quantitative estimate of drug-likeness (QED) is 0.885. The number of hydrogen-bond acceptors (Lipinski definition) is 5. The Morgan fingerprint density at radius 1 is 1.30 bits per heavy atom. The van der Waals surface area contributed by atoms with E-state index >= 15 is 0 Å². The minimum atomic E-state index is -0.00871. The summed E-state index contributed by atoms with van der Waals surface area (Å²) in [5, 5.41) is 2.78. The number of nitrogens with two attached hydrogens (primary N) is 1. The number of pyridine rings is 1. The number of aromatic nitrogens is 1. The molecule has 6 nitrogen and oxygen atoms in total. The van der Waals surface area contributed by atoms with Crippen molar-refractivity contribution in [3.05, 3.63) is 41.6 Å². The van der Waals surface area contributed by atoms with E-state index in [0.29, 0.717) is 24.6 Å². The van der Waals surface area contributed by atoms with Crippen LogP contribution in [0.3, 0.4) is 0 Å². The van der Waals surface area contributed by atoms with Crippen molar-refractivity contribution >= 4 is 11.7 Å². The van der Waals surface area contributed by atoms with Gasteiger partial charge in [0.05, 0.1) is 6.04 Å². The molecule has 2 unspecified atom stereocenters. The Hall–Kier alpha value is -2.60. The number of rotatable bonds is 2. The molecule has 1 fully saturated rings. The highest BCUT2D eigenvalue weighted by Crippen LogP contribution is 2.53. The standard InChI is InChI=1S/C17H15N3O3/c18-15-14-10-7-8(1-3-11(10)23-16(14)15)22-12-5-6-19-17-9(12)2-4-13(21)20-17/h1,3,5-7,14-16H,2,4,18H2,(H,19,20,21)/t14?,15-,16?/m0/s1. The van der Waals surface area contributed by atoms with Crippen LogP contribution in [0.2, 0.25) is 0 Å². The summed E-state index contributed by atoms with van der Waals surface area (Å²) in [6, 6.07) is 7.75. The molecule has 1 aromatic heterocycles. The van der Waals surface area contributed by atoms with Gasteiger partial charge >= 0.3 is 0 Å². The third-order valence-electron chi connectivity index (χ3n) is 4.71. The van der Waals surface area contributed by atoms with E-state index in [1.807, 2.05) is 24.3 Å². The summed E-state index contributed by atoms with van der Waals surface area (Å²) in [4.78, 5) is 15.7. The zero-order chi connectivity index (χ0) is 15.6. The van der Waals surface area contributed by atoms with E-state index in [1.165, 1.54) is 0 Å². The smallest absolute Gasteiger partial charge is 0.225 e. The third-order valence-corrected chi connectivity index (χ3v) is 4.71. The molecule has 116 valence electrons. The lowest BCUT2D eigenvalue weighted by molar-refractivity contribution is -0.116. The molecule has 3 N–H and O–H groups in total. The fourth-order valence-corrected chi connectivity index (χ4v) is 3.43. The van der Waals surface area contributed by atoms with Crippen LogP contribution >= 0.6 is 0 Å². The van der Waals surface area contributed by atoms with E-state index in [1.54, 1.807) is 6.20 Å². The van der Waals surface area contributed by atoms with Gasteiger partial charge in [-0.25, -0.2) is 4.98 Å². The zero-order valence-corrected chi connectivity index (χ0v) is 12.3. The molecule has 6 heteroatoms. The van der Waals surface area contributed by atoms with E-state index in [-0.39, 0.29) is 18.1 Å². The Bertz CT molecular complexity index is 836. The Labute approximate surface area is 132 Å². The van der Waals surface area contributed by atoms with Gasteiger partial charge in [0, 0.05) is 29.7 Å². The van der Waals surface area contributed by atoms with Crippen LogP contribution in [0.4, 0.5) is 5.82 Å². The van der Waals surface area contributed by atoms with Gasteiger partial charge in [-0.3, -0.25) is 4.79 Å². The fraction of sp³-hybridized carbons (Fsp3) is 0.294. The van der Waals surface area contributed by atoms with Gasteiger partial charge in [-0.15, -0.1) is 0 Å². The average molecular weight is 309 g/mol. The number of hydrogen-bond donors (Lipinski definition) is 2. The van der Waals surface area contributed by atoms with E-state index in [4.69, 9.17) is 15.2 Å². The fourth-order valence-electron chi connectivity index (χ4n) is 3.43. The predicted molar refractivity (Wildman–Crippen MR) is 82.8 cm³/mol. The van der Waals surface area contributed by atoms with Crippen molar-refractivity contribution in [1.82, 2.24) is 4.98 Å². The first-order valence-electron chi connectivity index (χ1n) is 7.72. The van der Waals surface area contributed by atoms with Gasteiger partial charge in [-0.2, -0.15) is 0 Å². The topological polar surface area (TPSA) is 86.5 Å². The molecule has 1 amide bonds. The highest BCUT2D eigenvalue weighted by molar-refractivity contribution is 5.93. The van der Waals surface area contributed by atoms with Crippen LogP contribution in [0.25, 0.3) is 0 Å². The number of benzene rings is 1. The molecule has 3 heterocycles. The van der Waals surface area contributed by atoms with Crippen LogP contribution in [-0.2, 0) is 11.2 Å². The molecule has 1 saturated carbocycles. The van der Waals surface area contributed by atoms with Gasteiger partial charge in [-0.1, -0.05) is 0 Å². The van der Waals surface area contributed by atoms with Gasteiger partial charge in [-0.05, 0) is 30.7 Å². The molecule has 0 bridgehead atoms. The van der Waals surface area contributed by atoms with Crippen LogP contribution in [0, 0.1) is 0 Å². The number of ether oxygens (including phenoxy) is 2. The number of fused-ring (bicyclic) bond motifs is 4. The average Bonchev–Trinajstić information content (AvgIpc) is 3.02. The Morgan fingerprint density at radius 2 is 2.22 bits per heavy atom. The van der Waals surface area contributed by atoms with Crippen molar-refractivity contribution in [3.8, 4) is 17.2 Å². The minimum Gasteiger partial charge on any atom is -0.488 e. The molecule has 23 heavy (non-hydrogen) atoms. The van der Waals surface area contributed by atoms with E-state index in [9.17, 15) is 4.79 Å². The second kappa shape index (κ2) is 4.45. The lowest BCUT2D eigenvalue weighted by Crippen LogP contribution is -2.20. The maximum absolute atomic E-state index is 11.5. The SMILES string of the molecule is N[C@@H]1C2Oc3ccc(Oc4ccnc5c4CCC(=O)N5)cc3C21. The van der Waals surface area contributed by atoms with Gasteiger partial charge < -0.3 is 20.5 Å². The Balaban J connectivity index is 1.47. The normalized spacial score (nSPS) is 26.5. The number of nitrogens with one attached hydrogen (secondary N) is 1. The van der Waals surface area contributed by atoms with E-state index in [0.717, 1.165) is 28.4 Å². The van der Waals surface area contributed by atoms with Crippen LogP contribution in [0.5, 0.6) is 17.2 Å². The molecule has 3 atom stereocenters.